The van der Waals surface area contributed by atoms with Crippen molar-refractivity contribution in [2.75, 3.05) is 0 Å². The van der Waals surface area contributed by atoms with Gasteiger partial charge in [0.25, 0.3) is 0 Å². The van der Waals surface area contributed by atoms with Crippen LogP contribution in [-0.4, -0.2) is 22.2 Å². The number of rotatable bonds is 4. The lowest BCUT2D eigenvalue weighted by Crippen LogP contribution is -2.20. The molecule has 5 heteroatoms. The van der Waals surface area contributed by atoms with Crippen LogP contribution in [0.1, 0.15) is 29.9 Å². The summed E-state index contributed by atoms with van der Waals surface area (Å²) in [5.74, 6) is 1.00. The van der Waals surface area contributed by atoms with Gasteiger partial charge in [-0.2, -0.15) is 0 Å². The number of aryl methyl sites for hydroxylation is 1. The van der Waals surface area contributed by atoms with E-state index in [1.54, 1.807) is 31.2 Å². The van der Waals surface area contributed by atoms with Crippen LogP contribution in [0.5, 0.6) is 11.5 Å². The lowest BCUT2D eigenvalue weighted by Gasteiger charge is -2.11. The molecule has 0 unspecified atom stereocenters. The van der Waals surface area contributed by atoms with Gasteiger partial charge in [-0.3, -0.25) is 9.59 Å². The highest BCUT2D eigenvalue weighted by Gasteiger charge is 2.28. The number of Topliss-reactive ketones (excluding diaryl/α,β-unsaturated/α-hetero) is 2. The summed E-state index contributed by atoms with van der Waals surface area (Å²) >= 11 is 0. The maximum atomic E-state index is 12.4. The Bertz CT molecular complexity index is 816. The van der Waals surface area contributed by atoms with E-state index < -0.39 is 6.10 Å². The van der Waals surface area contributed by atoms with E-state index in [4.69, 9.17) is 9.47 Å². The number of nitrogens with zero attached hydrogens (tertiary/aromatic N) is 1. The Hall–Kier alpha value is -2.82. The lowest BCUT2D eigenvalue weighted by molar-refractivity contribution is -0.122. The molecular weight excluding hydrogens is 294 g/mol. The summed E-state index contributed by atoms with van der Waals surface area (Å²) in [6.07, 6.45) is 3.07. The van der Waals surface area contributed by atoms with Gasteiger partial charge < -0.3 is 14.0 Å². The highest BCUT2D eigenvalue weighted by atomic mass is 16.5. The molecule has 0 saturated heterocycles. The Labute approximate surface area is 134 Å². The highest BCUT2D eigenvalue weighted by molar-refractivity contribution is 6.14. The number of fused-ring (bicyclic) bond motifs is 1. The van der Waals surface area contributed by atoms with Gasteiger partial charge in [0.1, 0.15) is 11.5 Å². The summed E-state index contributed by atoms with van der Waals surface area (Å²) in [6.45, 7) is 3.15. The van der Waals surface area contributed by atoms with E-state index in [0.717, 1.165) is 5.69 Å². The molecule has 0 spiro atoms. The lowest BCUT2D eigenvalue weighted by atomic mass is 10.1. The number of ketones is 2. The number of aromatic nitrogens is 1. The maximum absolute atomic E-state index is 12.4. The van der Waals surface area contributed by atoms with Crippen LogP contribution in [-0.2, 0) is 11.8 Å². The fourth-order valence-electron chi connectivity index (χ4n) is 2.29. The molecule has 5 nitrogen and oxygen atoms in total. The Morgan fingerprint density at radius 1 is 1.35 bits per heavy atom. The van der Waals surface area contributed by atoms with E-state index in [9.17, 15) is 9.59 Å². The predicted molar refractivity (Wildman–Crippen MR) is 85.6 cm³/mol. The van der Waals surface area contributed by atoms with Crippen molar-refractivity contribution in [2.24, 2.45) is 7.05 Å². The standard InChI is InChI=1S/C18H17NO4/c1-11(20)12(2)22-14-6-7-15-16(10-14)23-17(18(15)21)9-13-5-4-8-19(13)3/h4-10,12H,1-3H3/b17-9+/t12-/m0/s1. The molecule has 1 aliphatic rings. The normalized spacial score (nSPS) is 16.1. The van der Waals surface area contributed by atoms with Gasteiger partial charge >= 0.3 is 0 Å². The summed E-state index contributed by atoms with van der Waals surface area (Å²) in [7, 11) is 1.90. The monoisotopic (exact) mass is 311 g/mol. The van der Waals surface area contributed by atoms with Crippen LogP contribution < -0.4 is 9.47 Å². The van der Waals surface area contributed by atoms with Crippen molar-refractivity contribution in [3.05, 3.63) is 53.5 Å². The first kappa shape index (κ1) is 15.1. The minimum absolute atomic E-state index is 0.0632. The van der Waals surface area contributed by atoms with E-state index in [1.165, 1.54) is 6.92 Å². The van der Waals surface area contributed by atoms with Crippen LogP contribution in [0.4, 0.5) is 0 Å². The average molecular weight is 311 g/mol. The zero-order valence-corrected chi connectivity index (χ0v) is 13.2. The molecule has 1 aromatic heterocycles. The highest BCUT2D eigenvalue weighted by Crippen LogP contribution is 2.35. The van der Waals surface area contributed by atoms with Gasteiger partial charge in [-0.15, -0.1) is 0 Å². The number of carbonyl (C=O) groups is 2. The van der Waals surface area contributed by atoms with E-state index >= 15 is 0 Å². The molecule has 0 aliphatic carbocycles. The number of hydrogen-bond acceptors (Lipinski definition) is 4. The second kappa shape index (κ2) is 5.76. The number of benzene rings is 1. The number of hydrogen-bond donors (Lipinski definition) is 0. The van der Waals surface area contributed by atoms with E-state index in [1.807, 2.05) is 29.9 Å². The van der Waals surface area contributed by atoms with Crippen molar-refractivity contribution in [3.8, 4) is 11.5 Å². The molecule has 0 N–H and O–H groups in total. The van der Waals surface area contributed by atoms with Crippen LogP contribution in [0.2, 0.25) is 0 Å². The summed E-state index contributed by atoms with van der Waals surface area (Å²) in [6, 6.07) is 8.76. The quantitative estimate of drug-likeness (QED) is 0.815. The molecule has 1 aromatic carbocycles. The molecular formula is C18H17NO4. The maximum Gasteiger partial charge on any atom is 0.232 e. The molecule has 3 rings (SSSR count). The molecule has 1 atom stereocenters. The first-order chi connectivity index (χ1) is 11.0. The molecule has 0 fully saturated rings. The third-order valence-electron chi connectivity index (χ3n) is 3.79. The van der Waals surface area contributed by atoms with E-state index in [2.05, 4.69) is 0 Å². The van der Waals surface area contributed by atoms with Gasteiger partial charge in [0.2, 0.25) is 5.78 Å². The van der Waals surface area contributed by atoms with Crippen LogP contribution in [0, 0.1) is 0 Å². The van der Waals surface area contributed by atoms with Crippen molar-refractivity contribution >= 4 is 17.6 Å². The van der Waals surface area contributed by atoms with Gasteiger partial charge in [0.05, 0.1) is 5.56 Å². The fraction of sp³-hybridized carbons (Fsp3) is 0.222. The summed E-state index contributed by atoms with van der Waals surface area (Å²) in [4.78, 5) is 23.7. The van der Waals surface area contributed by atoms with Crippen LogP contribution in [0.25, 0.3) is 6.08 Å². The van der Waals surface area contributed by atoms with Crippen LogP contribution in [0.15, 0.2) is 42.3 Å². The number of allylic oxidation sites excluding steroid dienone is 1. The molecule has 23 heavy (non-hydrogen) atoms. The van der Waals surface area contributed by atoms with E-state index in [-0.39, 0.29) is 17.3 Å². The summed E-state index contributed by atoms with van der Waals surface area (Å²) in [5, 5.41) is 0. The van der Waals surface area contributed by atoms with Gasteiger partial charge in [-0.1, -0.05) is 0 Å². The molecule has 0 amide bonds. The second-order valence-electron chi connectivity index (χ2n) is 5.51. The van der Waals surface area contributed by atoms with Crippen molar-refractivity contribution in [2.45, 2.75) is 20.0 Å². The van der Waals surface area contributed by atoms with Gasteiger partial charge in [-0.25, -0.2) is 0 Å². The Balaban J connectivity index is 1.86. The molecule has 2 heterocycles. The Kier molecular flexibility index (Phi) is 3.78. The smallest absolute Gasteiger partial charge is 0.232 e. The number of ether oxygens (including phenoxy) is 2. The molecule has 2 aromatic rings. The zero-order chi connectivity index (χ0) is 16.6. The summed E-state index contributed by atoms with van der Waals surface area (Å²) in [5.41, 5.74) is 1.37. The van der Waals surface area contributed by atoms with Gasteiger partial charge in [-0.05, 0) is 38.1 Å². The molecule has 0 saturated carbocycles. The second-order valence-corrected chi connectivity index (χ2v) is 5.51. The third kappa shape index (κ3) is 2.90. The fourth-order valence-corrected chi connectivity index (χ4v) is 2.29. The first-order valence-electron chi connectivity index (χ1n) is 7.32. The Morgan fingerprint density at radius 3 is 2.78 bits per heavy atom. The average Bonchev–Trinajstić information content (AvgIpc) is 3.04. The van der Waals surface area contributed by atoms with Crippen molar-refractivity contribution in [1.82, 2.24) is 4.57 Å². The summed E-state index contributed by atoms with van der Waals surface area (Å²) < 4.78 is 13.1. The van der Waals surface area contributed by atoms with Gasteiger partial charge in [0, 0.05) is 31.1 Å². The molecule has 0 bridgehead atoms. The van der Waals surface area contributed by atoms with Crippen molar-refractivity contribution in [1.29, 1.82) is 0 Å². The van der Waals surface area contributed by atoms with Crippen molar-refractivity contribution in [3.63, 3.8) is 0 Å². The zero-order valence-electron chi connectivity index (χ0n) is 13.2. The predicted octanol–water partition coefficient (Wildman–Crippen LogP) is 3.00. The Morgan fingerprint density at radius 2 is 2.13 bits per heavy atom. The van der Waals surface area contributed by atoms with Crippen LogP contribution in [0.3, 0.4) is 0 Å². The minimum atomic E-state index is -0.538. The SMILES string of the molecule is CC(=O)[C@H](C)Oc1ccc2c(c1)O/C(=C/c1cccn1C)C2=O. The van der Waals surface area contributed by atoms with Gasteiger partial charge in [0.15, 0.2) is 17.6 Å². The number of carbonyl (C=O) groups excluding carboxylic acids is 2. The van der Waals surface area contributed by atoms with Crippen molar-refractivity contribution < 1.29 is 19.1 Å². The molecule has 1 aliphatic heterocycles. The topological polar surface area (TPSA) is 57.5 Å². The molecule has 118 valence electrons. The largest absolute Gasteiger partial charge is 0.483 e. The van der Waals surface area contributed by atoms with Crippen LogP contribution >= 0.6 is 0 Å². The van der Waals surface area contributed by atoms with E-state index in [0.29, 0.717) is 17.1 Å². The minimum Gasteiger partial charge on any atom is -0.483 e. The molecule has 0 radical (unpaired) electrons. The first-order valence-corrected chi connectivity index (χ1v) is 7.32. The third-order valence-corrected chi connectivity index (χ3v) is 3.79.